The van der Waals surface area contributed by atoms with Gasteiger partial charge in [0.05, 0.1) is 25.1 Å². The summed E-state index contributed by atoms with van der Waals surface area (Å²) >= 11 is 5.97. The van der Waals surface area contributed by atoms with Gasteiger partial charge in [-0.15, -0.1) is 0 Å². The highest BCUT2D eigenvalue weighted by Crippen LogP contribution is 2.24. The summed E-state index contributed by atoms with van der Waals surface area (Å²) in [6.07, 6.45) is 1.86. The number of morpholine rings is 1. The van der Waals surface area contributed by atoms with Gasteiger partial charge in [0.25, 0.3) is 0 Å². The molecule has 6 heteroatoms. The highest BCUT2D eigenvalue weighted by atomic mass is 35.5. The Morgan fingerprint density at radius 1 is 1.04 bits per heavy atom. The maximum Gasteiger partial charge on any atom is 0.0700 e. The van der Waals surface area contributed by atoms with Gasteiger partial charge in [0.1, 0.15) is 0 Å². The Bertz CT molecular complexity index is 839. The van der Waals surface area contributed by atoms with Crippen LogP contribution in [0, 0.1) is 0 Å². The standard InChI is InChI=1S/C20H21ClN4O/c21-17-3-1-15(2-4-17)20-16(14-23-24-20)13-22-18-5-7-19(8-6-18)25-9-11-26-12-10-25/h1-8,14,22H,9-13H2,(H,23,24). The average Bonchev–Trinajstić information content (AvgIpc) is 3.17. The van der Waals surface area contributed by atoms with Crippen molar-refractivity contribution in [1.29, 1.82) is 0 Å². The van der Waals surface area contributed by atoms with Crippen LogP contribution in [0.2, 0.25) is 5.02 Å². The number of halogens is 1. The van der Waals surface area contributed by atoms with Crippen LogP contribution in [-0.2, 0) is 11.3 Å². The molecule has 0 saturated carbocycles. The molecule has 0 spiro atoms. The Morgan fingerprint density at radius 3 is 2.50 bits per heavy atom. The Labute approximate surface area is 157 Å². The molecule has 134 valence electrons. The second-order valence-electron chi connectivity index (χ2n) is 6.28. The fraction of sp³-hybridized carbons (Fsp3) is 0.250. The van der Waals surface area contributed by atoms with Crippen LogP contribution in [0.5, 0.6) is 0 Å². The molecule has 1 aromatic heterocycles. The molecule has 5 nitrogen and oxygen atoms in total. The van der Waals surface area contributed by atoms with Gasteiger partial charge in [0.2, 0.25) is 0 Å². The predicted molar refractivity (Wildman–Crippen MR) is 106 cm³/mol. The molecule has 0 unspecified atom stereocenters. The van der Waals surface area contributed by atoms with E-state index in [0.29, 0.717) is 6.54 Å². The van der Waals surface area contributed by atoms with E-state index in [9.17, 15) is 0 Å². The van der Waals surface area contributed by atoms with Crippen molar-refractivity contribution in [1.82, 2.24) is 10.2 Å². The summed E-state index contributed by atoms with van der Waals surface area (Å²) in [5.41, 5.74) is 5.53. The minimum atomic E-state index is 0.700. The van der Waals surface area contributed by atoms with E-state index >= 15 is 0 Å². The molecule has 2 N–H and O–H groups in total. The van der Waals surface area contributed by atoms with Gasteiger partial charge in [-0.3, -0.25) is 5.10 Å². The van der Waals surface area contributed by atoms with Gasteiger partial charge in [-0.2, -0.15) is 5.10 Å². The summed E-state index contributed by atoms with van der Waals surface area (Å²) in [6.45, 7) is 4.20. The van der Waals surface area contributed by atoms with Crippen LogP contribution in [0.1, 0.15) is 5.56 Å². The molecule has 1 fully saturated rings. The van der Waals surface area contributed by atoms with E-state index in [4.69, 9.17) is 16.3 Å². The van der Waals surface area contributed by atoms with Crippen LogP contribution in [-0.4, -0.2) is 36.5 Å². The summed E-state index contributed by atoms with van der Waals surface area (Å²) in [6, 6.07) is 16.3. The second kappa shape index (κ2) is 7.81. The van der Waals surface area contributed by atoms with E-state index in [1.54, 1.807) is 0 Å². The normalized spacial score (nSPS) is 14.4. The van der Waals surface area contributed by atoms with Crippen molar-refractivity contribution in [3.05, 3.63) is 65.3 Å². The highest BCUT2D eigenvalue weighted by Gasteiger charge is 2.11. The summed E-state index contributed by atoms with van der Waals surface area (Å²) in [4.78, 5) is 2.35. The second-order valence-corrected chi connectivity index (χ2v) is 6.71. The molecule has 4 rings (SSSR count). The van der Waals surface area contributed by atoms with E-state index in [-0.39, 0.29) is 0 Å². The minimum absolute atomic E-state index is 0.700. The van der Waals surface area contributed by atoms with Crippen molar-refractivity contribution in [3.63, 3.8) is 0 Å². The monoisotopic (exact) mass is 368 g/mol. The molecule has 0 radical (unpaired) electrons. The Kier molecular flexibility index (Phi) is 5.09. The van der Waals surface area contributed by atoms with Crippen LogP contribution in [0.15, 0.2) is 54.7 Å². The third-order valence-electron chi connectivity index (χ3n) is 4.58. The first kappa shape index (κ1) is 16.9. The Balaban J connectivity index is 1.41. The van der Waals surface area contributed by atoms with Gasteiger partial charge >= 0.3 is 0 Å². The first-order valence-electron chi connectivity index (χ1n) is 8.74. The lowest BCUT2D eigenvalue weighted by Crippen LogP contribution is -2.36. The molecular formula is C20H21ClN4O. The maximum atomic E-state index is 5.97. The summed E-state index contributed by atoms with van der Waals surface area (Å²) in [5, 5.41) is 11.5. The molecule has 1 aliphatic rings. The SMILES string of the molecule is Clc1ccc(-c2[nH]ncc2CNc2ccc(N3CCOCC3)cc2)cc1. The number of nitrogens with one attached hydrogen (secondary N) is 2. The van der Waals surface area contributed by atoms with Gasteiger partial charge in [-0.1, -0.05) is 23.7 Å². The van der Waals surface area contributed by atoms with Crippen LogP contribution < -0.4 is 10.2 Å². The number of rotatable bonds is 5. The quantitative estimate of drug-likeness (QED) is 0.709. The number of H-pyrrole nitrogens is 1. The Morgan fingerprint density at radius 2 is 1.77 bits per heavy atom. The molecule has 2 heterocycles. The highest BCUT2D eigenvalue weighted by molar-refractivity contribution is 6.30. The molecule has 0 aliphatic carbocycles. The van der Waals surface area contributed by atoms with Crippen LogP contribution in [0.25, 0.3) is 11.3 Å². The van der Waals surface area contributed by atoms with E-state index in [0.717, 1.165) is 53.8 Å². The van der Waals surface area contributed by atoms with Crippen molar-refractivity contribution in [2.24, 2.45) is 0 Å². The van der Waals surface area contributed by atoms with Crippen molar-refractivity contribution in [3.8, 4) is 11.3 Å². The minimum Gasteiger partial charge on any atom is -0.381 e. The number of nitrogens with zero attached hydrogens (tertiary/aromatic N) is 2. The molecule has 1 saturated heterocycles. The number of benzene rings is 2. The Hall–Kier alpha value is -2.50. The van der Waals surface area contributed by atoms with E-state index < -0.39 is 0 Å². The summed E-state index contributed by atoms with van der Waals surface area (Å²) in [7, 11) is 0. The zero-order valence-electron chi connectivity index (χ0n) is 14.4. The molecule has 0 amide bonds. The van der Waals surface area contributed by atoms with E-state index in [2.05, 4.69) is 44.7 Å². The lowest BCUT2D eigenvalue weighted by atomic mass is 10.1. The number of aromatic amines is 1. The van der Waals surface area contributed by atoms with Crippen molar-refractivity contribution >= 4 is 23.0 Å². The smallest absolute Gasteiger partial charge is 0.0700 e. The van der Waals surface area contributed by atoms with Crippen LogP contribution in [0.3, 0.4) is 0 Å². The largest absolute Gasteiger partial charge is 0.381 e. The molecule has 0 atom stereocenters. The summed E-state index contributed by atoms with van der Waals surface area (Å²) < 4.78 is 5.41. The van der Waals surface area contributed by atoms with Gasteiger partial charge in [-0.05, 0) is 42.0 Å². The number of hydrogen-bond donors (Lipinski definition) is 2. The third kappa shape index (κ3) is 3.84. The lowest BCUT2D eigenvalue weighted by molar-refractivity contribution is 0.122. The van der Waals surface area contributed by atoms with Gasteiger partial charge in [0, 0.05) is 41.6 Å². The van der Waals surface area contributed by atoms with Crippen LogP contribution in [0.4, 0.5) is 11.4 Å². The number of ether oxygens (including phenoxy) is 1. The van der Waals surface area contributed by atoms with E-state index in [1.165, 1.54) is 5.69 Å². The van der Waals surface area contributed by atoms with Gasteiger partial charge in [0.15, 0.2) is 0 Å². The van der Waals surface area contributed by atoms with E-state index in [1.807, 2.05) is 30.5 Å². The average molecular weight is 369 g/mol. The molecule has 26 heavy (non-hydrogen) atoms. The fourth-order valence-corrected chi connectivity index (χ4v) is 3.25. The lowest BCUT2D eigenvalue weighted by Gasteiger charge is -2.28. The van der Waals surface area contributed by atoms with Crippen molar-refractivity contribution < 1.29 is 4.74 Å². The fourth-order valence-electron chi connectivity index (χ4n) is 3.12. The first-order chi connectivity index (χ1) is 12.8. The van der Waals surface area contributed by atoms with Crippen LogP contribution >= 0.6 is 11.6 Å². The van der Waals surface area contributed by atoms with Crippen molar-refractivity contribution in [2.45, 2.75) is 6.54 Å². The molecule has 2 aromatic carbocycles. The number of anilines is 2. The molecule has 3 aromatic rings. The summed E-state index contributed by atoms with van der Waals surface area (Å²) in [5.74, 6) is 0. The number of hydrogen-bond acceptors (Lipinski definition) is 4. The molecular weight excluding hydrogens is 348 g/mol. The third-order valence-corrected chi connectivity index (χ3v) is 4.83. The van der Waals surface area contributed by atoms with Crippen molar-refractivity contribution in [2.75, 3.05) is 36.5 Å². The predicted octanol–water partition coefficient (Wildman–Crippen LogP) is 4.18. The number of aromatic nitrogens is 2. The van der Waals surface area contributed by atoms with Gasteiger partial charge in [-0.25, -0.2) is 0 Å². The van der Waals surface area contributed by atoms with Gasteiger partial charge < -0.3 is 15.0 Å². The zero-order chi connectivity index (χ0) is 17.8. The maximum absolute atomic E-state index is 5.97. The zero-order valence-corrected chi connectivity index (χ0v) is 15.2. The topological polar surface area (TPSA) is 53.2 Å². The molecule has 1 aliphatic heterocycles. The molecule has 0 bridgehead atoms. The first-order valence-corrected chi connectivity index (χ1v) is 9.12.